The summed E-state index contributed by atoms with van der Waals surface area (Å²) in [7, 11) is 0. The highest BCUT2D eigenvalue weighted by Gasteiger charge is 2.41. The Hall–Kier alpha value is -1.64. The second-order valence-corrected chi connectivity index (χ2v) is 6.71. The van der Waals surface area contributed by atoms with Crippen LogP contribution in [0.15, 0.2) is 41.2 Å². The minimum atomic E-state index is 0.301. The maximum absolute atomic E-state index is 4.80. The molecule has 20 heavy (non-hydrogen) atoms. The minimum Gasteiger partial charge on any atom is -0.378 e. The minimum absolute atomic E-state index is 0.301. The lowest BCUT2D eigenvalue weighted by Gasteiger charge is -2.33. The second kappa shape index (κ2) is 5.04. The van der Waals surface area contributed by atoms with E-state index in [0.29, 0.717) is 17.3 Å². The lowest BCUT2D eigenvalue weighted by Crippen LogP contribution is -2.35. The van der Waals surface area contributed by atoms with Crippen LogP contribution in [0.3, 0.4) is 0 Å². The molecular weight excluding hydrogens is 246 g/mol. The van der Waals surface area contributed by atoms with Gasteiger partial charge < -0.3 is 5.32 Å². The predicted molar refractivity (Wildman–Crippen MR) is 82.5 cm³/mol. The molecule has 1 aliphatic heterocycles. The summed E-state index contributed by atoms with van der Waals surface area (Å²) in [4.78, 5) is 9.17. The second-order valence-electron chi connectivity index (χ2n) is 6.71. The summed E-state index contributed by atoms with van der Waals surface area (Å²) in [6, 6.07) is 6.03. The van der Waals surface area contributed by atoms with Gasteiger partial charge in [-0.25, -0.2) is 0 Å². The first-order chi connectivity index (χ1) is 9.56. The van der Waals surface area contributed by atoms with Gasteiger partial charge in [0.1, 0.15) is 0 Å². The number of allylic oxidation sites excluding steroid dienone is 2. The van der Waals surface area contributed by atoms with Crippen LogP contribution in [-0.2, 0) is 6.54 Å². The van der Waals surface area contributed by atoms with Crippen molar-refractivity contribution in [3.63, 3.8) is 0 Å². The molecule has 0 radical (unpaired) electrons. The molecule has 1 aromatic rings. The summed E-state index contributed by atoms with van der Waals surface area (Å²) >= 11 is 0. The lowest BCUT2D eigenvalue weighted by atomic mass is 9.71. The number of pyridine rings is 1. The molecule has 2 heterocycles. The fourth-order valence-electron chi connectivity index (χ4n) is 3.23. The Balaban J connectivity index is 1.75. The fraction of sp³-hybridized carbons (Fsp3) is 0.529. The van der Waals surface area contributed by atoms with Crippen LogP contribution in [0.4, 0.5) is 0 Å². The number of aliphatic imine (C=N–C) groups is 1. The standard InChI is InChI=1S/C17H23N3/c1-12-8-14-16(20-11-17(14,2)3)15(9-12)19-10-13-6-4-5-7-18-13/h4-7,9,12,14,19H,8,10-11H2,1-3H3. The summed E-state index contributed by atoms with van der Waals surface area (Å²) in [5, 5.41) is 3.55. The lowest BCUT2D eigenvalue weighted by molar-refractivity contribution is 0.278. The number of nitrogens with zero attached hydrogens (tertiary/aromatic N) is 2. The molecule has 106 valence electrons. The summed E-state index contributed by atoms with van der Waals surface area (Å²) < 4.78 is 0. The number of fused-ring (bicyclic) bond motifs is 1. The van der Waals surface area contributed by atoms with Crippen molar-refractivity contribution in [2.45, 2.75) is 33.7 Å². The number of aromatic nitrogens is 1. The van der Waals surface area contributed by atoms with E-state index in [2.05, 4.69) is 43.2 Å². The van der Waals surface area contributed by atoms with Gasteiger partial charge in [-0.3, -0.25) is 9.98 Å². The molecule has 0 bridgehead atoms. The van der Waals surface area contributed by atoms with E-state index in [9.17, 15) is 0 Å². The molecule has 0 saturated heterocycles. The quantitative estimate of drug-likeness (QED) is 0.915. The summed E-state index contributed by atoms with van der Waals surface area (Å²) in [6.07, 6.45) is 5.40. The Kier molecular flexibility index (Phi) is 3.36. The Bertz CT molecular complexity index is 543. The fourth-order valence-corrected chi connectivity index (χ4v) is 3.23. The Labute approximate surface area is 121 Å². The van der Waals surface area contributed by atoms with E-state index in [-0.39, 0.29) is 0 Å². The van der Waals surface area contributed by atoms with Gasteiger partial charge in [-0.2, -0.15) is 0 Å². The maximum Gasteiger partial charge on any atom is 0.0613 e. The van der Waals surface area contributed by atoms with Gasteiger partial charge in [0.15, 0.2) is 0 Å². The summed E-state index contributed by atoms with van der Waals surface area (Å²) in [5.74, 6) is 1.20. The highest BCUT2D eigenvalue weighted by Crippen LogP contribution is 2.42. The Morgan fingerprint density at radius 3 is 2.95 bits per heavy atom. The van der Waals surface area contributed by atoms with Crippen molar-refractivity contribution in [3.8, 4) is 0 Å². The van der Waals surface area contributed by atoms with Crippen LogP contribution in [0.2, 0.25) is 0 Å². The van der Waals surface area contributed by atoms with E-state index in [1.165, 1.54) is 17.8 Å². The molecule has 0 amide bonds. The number of hydrogen-bond acceptors (Lipinski definition) is 3. The SMILES string of the molecule is CC1C=C(NCc2ccccn2)C2=NCC(C)(C)C2C1. The van der Waals surface area contributed by atoms with Crippen LogP contribution in [0.5, 0.6) is 0 Å². The van der Waals surface area contributed by atoms with Crippen molar-refractivity contribution in [2.24, 2.45) is 22.2 Å². The molecule has 0 aromatic carbocycles. The molecule has 0 fully saturated rings. The first kappa shape index (κ1) is 13.3. The van der Waals surface area contributed by atoms with Gasteiger partial charge >= 0.3 is 0 Å². The molecule has 2 atom stereocenters. The average Bonchev–Trinajstić information content (AvgIpc) is 2.73. The van der Waals surface area contributed by atoms with Crippen molar-refractivity contribution < 1.29 is 0 Å². The third kappa shape index (κ3) is 2.49. The molecule has 2 aliphatic rings. The van der Waals surface area contributed by atoms with Gasteiger partial charge in [0.25, 0.3) is 0 Å². The van der Waals surface area contributed by atoms with Crippen LogP contribution < -0.4 is 5.32 Å². The number of hydrogen-bond donors (Lipinski definition) is 1. The topological polar surface area (TPSA) is 37.3 Å². The summed E-state index contributed by atoms with van der Waals surface area (Å²) in [5.41, 5.74) is 3.88. The molecule has 1 aromatic heterocycles. The smallest absolute Gasteiger partial charge is 0.0613 e. The normalized spacial score (nSPS) is 27.6. The molecule has 3 rings (SSSR count). The van der Waals surface area contributed by atoms with Crippen molar-refractivity contribution in [3.05, 3.63) is 41.9 Å². The highest BCUT2D eigenvalue weighted by molar-refractivity contribution is 6.03. The van der Waals surface area contributed by atoms with Crippen molar-refractivity contribution in [1.29, 1.82) is 0 Å². The number of rotatable bonds is 3. The van der Waals surface area contributed by atoms with E-state index >= 15 is 0 Å². The van der Waals surface area contributed by atoms with Crippen LogP contribution in [0.25, 0.3) is 0 Å². The largest absolute Gasteiger partial charge is 0.378 e. The zero-order chi connectivity index (χ0) is 14.2. The summed E-state index contributed by atoms with van der Waals surface area (Å²) in [6.45, 7) is 8.69. The van der Waals surface area contributed by atoms with E-state index in [0.717, 1.165) is 18.8 Å². The van der Waals surface area contributed by atoms with E-state index in [1.54, 1.807) is 0 Å². The molecular formula is C17H23N3. The van der Waals surface area contributed by atoms with Crippen molar-refractivity contribution in [2.75, 3.05) is 6.54 Å². The van der Waals surface area contributed by atoms with Gasteiger partial charge in [-0.05, 0) is 29.9 Å². The van der Waals surface area contributed by atoms with Gasteiger partial charge in [-0.1, -0.05) is 32.9 Å². The first-order valence-electron chi connectivity index (χ1n) is 7.46. The third-order valence-electron chi connectivity index (χ3n) is 4.45. The van der Waals surface area contributed by atoms with Crippen molar-refractivity contribution in [1.82, 2.24) is 10.3 Å². The first-order valence-corrected chi connectivity index (χ1v) is 7.46. The molecule has 2 unspecified atom stereocenters. The zero-order valence-corrected chi connectivity index (χ0v) is 12.6. The Morgan fingerprint density at radius 2 is 2.20 bits per heavy atom. The third-order valence-corrected chi connectivity index (χ3v) is 4.45. The molecule has 0 saturated carbocycles. The molecule has 1 N–H and O–H groups in total. The molecule has 3 heteroatoms. The van der Waals surface area contributed by atoms with Crippen molar-refractivity contribution >= 4 is 5.71 Å². The molecule has 0 spiro atoms. The monoisotopic (exact) mass is 269 g/mol. The van der Waals surface area contributed by atoms with Gasteiger partial charge in [0, 0.05) is 18.7 Å². The zero-order valence-electron chi connectivity index (χ0n) is 12.6. The van der Waals surface area contributed by atoms with E-state index < -0.39 is 0 Å². The van der Waals surface area contributed by atoms with E-state index in [4.69, 9.17) is 4.99 Å². The highest BCUT2D eigenvalue weighted by atomic mass is 15.0. The Morgan fingerprint density at radius 1 is 1.35 bits per heavy atom. The number of nitrogens with one attached hydrogen (secondary N) is 1. The van der Waals surface area contributed by atoms with Crippen LogP contribution in [-0.4, -0.2) is 17.2 Å². The average molecular weight is 269 g/mol. The molecule has 1 aliphatic carbocycles. The van der Waals surface area contributed by atoms with Crippen LogP contribution in [0.1, 0.15) is 32.9 Å². The van der Waals surface area contributed by atoms with Gasteiger partial charge in [-0.15, -0.1) is 0 Å². The van der Waals surface area contributed by atoms with Gasteiger partial charge in [0.05, 0.1) is 23.6 Å². The van der Waals surface area contributed by atoms with Crippen LogP contribution >= 0.6 is 0 Å². The molecule has 3 nitrogen and oxygen atoms in total. The van der Waals surface area contributed by atoms with E-state index in [1.807, 2.05) is 18.3 Å². The maximum atomic E-state index is 4.80. The van der Waals surface area contributed by atoms with Crippen LogP contribution in [0, 0.1) is 17.3 Å². The van der Waals surface area contributed by atoms with Gasteiger partial charge in [0.2, 0.25) is 0 Å². The predicted octanol–water partition coefficient (Wildman–Crippen LogP) is 3.19.